The summed E-state index contributed by atoms with van der Waals surface area (Å²) in [5.74, 6) is 0.540. The lowest BCUT2D eigenvalue weighted by atomic mass is 9.95. The molecule has 21 heavy (non-hydrogen) atoms. The van der Waals surface area contributed by atoms with E-state index in [4.69, 9.17) is 0 Å². The lowest BCUT2D eigenvalue weighted by Gasteiger charge is -2.17. The molecule has 0 bridgehead atoms. The van der Waals surface area contributed by atoms with Crippen LogP contribution in [-0.4, -0.2) is 31.8 Å². The number of anilines is 1. The van der Waals surface area contributed by atoms with Crippen LogP contribution in [0.25, 0.3) is 5.65 Å². The second-order valence-corrected chi connectivity index (χ2v) is 5.36. The Labute approximate surface area is 120 Å². The van der Waals surface area contributed by atoms with Gasteiger partial charge < -0.3 is 5.32 Å². The van der Waals surface area contributed by atoms with Gasteiger partial charge in [0.1, 0.15) is 11.6 Å². The minimum Gasteiger partial charge on any atom is -0.368 e. The van der Waals surface area contributed by atoms with Gasteiger partial charge in [-0.2, -0.15) is 0 Å². The van der Waals surface area contributed by atoms with Gasteiger partial charge in [-0.15, -0.1) is 14.8 Å². The zero-order valence-electron chi connectivity index (χ0n) is 11.2. The number of nitrogens with one attached hydrogen (secondary N) is 1. The minimum atomic E-state index is -0.138. The van der Waals surface area contributed by atoms with Crippen LogP contribution < -0.4 is 5.32 Å². The van der Waals surface area contributed by atoms with Crippen LogP contribution in [0.3, 0.4) is 0 Å². The molecule has 0 atom stereocenters. The predicted octanol–water partition coefficient (Wildman–Crippen LogP) is 1.80. The van der Waals surface area contributed by atoms with Gasteiger partial charge in [0.2, 0.25) is 0 Å². The molecule has 7 heteroatoms. The number of benzene rings is 1. The summed E-state index contributed by atoms with van der Waals surface area (Å²) < 4.78 is 15.3. The molecule has 1 N–H and O–H groups in total. The first kappa shape index (κ1) is 12.2. The van der Waals surface area contributed by atoms with Gasteiger partial charge in [0.25, 0.3) is 0 Å². The number of aromatic nitrogens is 5. The highest BCUT2D eigenvalue weighted by molar-refractivity contribution is 5.44. The Morgan fingerprint density at radius 2 is 2.05 bits per heavy atom. The standard InChI is InChI=1S/C14H13FN6/c15-11-4-2-1-3-10(11)14(7-8-14)9-16-12-5-6-13-17-19-20-21(13)18-12/h1-6H,7-9H2,(H,16,18). The molecule has 0 saturated heterocycles. The van der Waals surface area contributed by atoms with Crippen molar-refractivity contribution >= 4 is 11.5 Å². The molecule has 1 aromatic carbocycles. The number of rotatable bonds is 4. The molecule has 0 aliphatic heterocycles. The van der Waals surface area contributed by atoms with Gasteiger partial charge in [-0.3, -0.25) is 0 Å². The van der Waals surface area contributed by atoms with Gasteiger partial charge in [-0.1, -0.05) is 18.2 Å². The van der Waals surface area contributed by atoms with E-state index in [9.17, 15) is 4.39 Å². The molecule has 1 fully saturated rings. The summed E-state index contributed by atoms with van der Waals surface area (Å²) in [6.45, 7) is 0.647. The van der Waals surface area contributed by atoms with Crippen molar-refractivity contribution in [2.45, 2.75) is 18.3 Å². The zero-order valence-corrected chi connectivity index (χ0v) is 11.2. The van der Waals surface area contributed by atoms with E-state index in [1.807, 2.05) is 18.2 Å². The highest BCUT2D eigenvalue weighted by Crippen LogP contribution is 2.48. The van der Waals surface area contributed by atoms with Gasteiger partial charge >= 0.3 is 0 Å². The SMILES string of the molecule is Fc1ccccc1C1(CNc2ccc3nnnn3n2)CC1. The fourth-order valence-electron chi connectivity index (χ4n) is 2.59. The molecule has 1 saturated carbocycles. The first-order valence-corrected chi connectivity index (χ1v) is 6.81. The van der Waals surface area contributed by atoms with Crippen molar-refractivity contribution in [1.29, 1.82) is 0 Å². The van der Waals surface area contributed by atoms with E-state index in [2.05, 4.69) is 25.9 Å². The van der Waals surface area contributed by atoms with E-state index in [1.165, 1.54) is 10.7 Å². The van der Waals surface area contributed by atoms with Gasteiger partial charge in [-0.05, 0) is 47.0 Å². The van der Waals surface area contributed by atoms with E-state index < -0.39 is 0 Å². The molecule has 2 aromatic heterocycles. The number of hydrogen-bond acceptors (Lipinski definition) is 5. The van der Waals surface area contributed by atoms with Crippen molar-refractivity contribution in [3.8, 4) is 0 Å². The van der Waals surface area contributed by atoms with E-state index >= 15 is 0 Å². The van der Waals surface area contributed by atoms with E-state index in [0.717, 1.165) is 18.4 Å². The molecule has 0 spiro atoms. The van der Waals surface area contributed by atoms with Crippen LogP contribution in [0.4, 0.5) is 10.2 Å². The Hall–Kier alpha value is -2.57. The Morgan fingerprint density at radius 1 is 1.19 bits per heavy atom. The van der Waals surface area contributed by atoms with E-state index in [0.29, 0.717) is 18.0 Å². The molecule has 2 heterocycles. The lowest BCUT2D eigenvalue weighted by molar-refractivity contribution is 0.578. The molecular formula is C14H13FN6. The maximum absolute atomic E-state index is 13.9. The molecule has 0 radical (unpaired) electrons. The molecule has 4 rings (SSSR count). The Bertz CT molecular complexity index is 795. The maximum atomic E-state index is 13.9. The molecule has 0 amide bonds. The lowest BCUT2D eigenvalue weighted by Crippen LogP contribution is -2.21. The highest BCUT2D eigenvalue weighted by Gasteiger charge is 2.45. The van der Waals surface area contributed by atoms with Crippen LogP contribution in [0.15, 0.2) is 36.4 Å². The van der Waals surface area contributed by atoms with Crippen LogP contribution in [-0.2, 0) is 5.41 Å². The first-order chi connectivity index (χ1) is 10.3. The normalized spacial score (nSPS) is 16.0. The van der Waals surface area contributed by atoms with Crippen LogP contribution in [0.1, 0.15) is 18.4 Å². The van der Waals surface area contributed by atoms with Crippen LogP contribution in [0.5, 0.6) is 0 Å². The molecule has 106 valence electrons. The van der Waals surface area contributed by atoms with Crippen molar-refractivity contribution in [1.82, 2.24) is 25.3 Å². The third-order valence-electron chi connectivity index (χ3n) is 3.98. The third-order valence-corrected chi connectivity index (χ3v) is 3.98. The summed E-state index contributed by atoms with van der Waals surface area (Å²) in [5.41, 5.74) is 1.25. The minimum absolute atomic E-state index is 0.122. The van der Waals surface area contributed by atoms with E-state index in [-0.39, 0.29) is 11.2 Å². The van der Waals surface area contributed by atoms with Crippen molar-refractivity contribution < 1.29 is 4.39 Å². The smallest absolute Gasteiger partial charge is 0.200 e. The van der Waals surface area contributed by atoms with Crippen LogP contribution in [0.2, 0.25) is 0 Å². The van der Waals surface area contributed by atoms with Gasteiger partial charge in [0.15, 0.2) is 5.65 Å². The van der Waals surface area contributed by atoms with Crippen molar-refractivity contribution in [2.24, 2.45) is 0 Å². The predicted molar refractivity (Wildman–Crippen MR) is 74.4 cm³/mol. The number of nitrogens with zero attached hydrogens (tertiary/aromatic N) is 5. The fourth-order valence-corrected chi connectivity index (χ4v) is 2.59. The van der Waals surface area contributed by atoms with E-state index in [1.54, 1.807) is 12.1 Å². The van der Waals surface area contributed by atoms with Crippen LogP contribution >= 0.6 is 0 Å². The Balaban J connectivity index is 1.55. The number of hydrogen-bond donors (Lipinski definition) is 1. The second kappa shape index (κ2) is 4.47. The van der Waals surface area contributed by atoms with Gasteiger partial charge in [0, 0.05) is 12.0 Å². The molecule has 0 unspecified atom stereocenters. The Morgan fingerprint density at radius 3 is 2.86 bits per heavy atom. The monoisotopic (exact) mass is 284 g/mol. The number of tetrazole rings is 1. The summed E-state index contributed by atoms with van der Waals surface area (Å²) >= 11 is 0. The average Bonchev–Trinajstić information content (AvgIpc) is 3.14. The molecule has 1 aliphatic rings. The average molecular weight is 284 g/mol. The summed E-state index contributed by atoms with van der Waals surface area (Å²) in [6, 6.07) is 10.6. The van der Waals surface area contributed by atoms with Gasteiger partial charge in [0.05, 0.1) is 0 Å². The topological polar surface area (TPSA) is 68.0 Å². The van der Waals surface area contributed by atoms with Crippen molar-refractivity contribution in [3.63, 3.8) is 0 Å². The fraction of sp³-hybridized carbons (Fsp3) is 0.286. The maximum Gasteiger partial charge on any atom is 0.200 e. The van der Waals surface area contributed by atoms with Crippen LogP contribution in [0, 0.1) is 5.82 Å². The highest BCUT2D eigenvalue weighted by atomic mass is 19.1. The third kappa shape index (κ3) is 2.10. The number of fused-ring (bicyclic) bond motifs is 1. The second-order valence-electron chi connectivity index (χ2n) is 5.36. The summed E-state index contributed by atoms with van der Waals surface area (Å²) in [7, 11) is 0. The largest absolute Gasteiger partial charge is 0.368 e. The number of halogens is 1. The Kier molecular flexibility index (Phi) is 2.60. The van der Waals surface area contributed by atoms with Gasteiger partial charge in [-0.25, -0.2) is 4.39 Å². The summed E-state index contributed by atoms with van der Waals surface area (Å²) in [5, 5.41) is 18.6. The molecule has 1 aliphatic carbocycles. The first-order valence-electron chi connectivity index (χ1n) is 6.81. The molecule has 6 nitrogen and oxygen atoms in total. The summed E-state index contributed by atoms with van der Waals surface area (Å²) in [4.78, 5) is 0. The molecular weight excluding hydrogens is 271 g/mol. The zero-order chi connectivity index (χ0) is 14.3. The van der Waals surface area contributed by atoms with Crippen molar-refractivity contribution in [3.05, 3.63) is 47.8 Å². The molecule has 3 aromatic rings. The van der Waals surface area contributed by atoms with Crippen molar-refractivity contribution in [2.75, 3.05) is 11.9 Å². The summed E-state index contributed by atoms with van der Waals surface area (Å²) in [6.07, 6.45) is 1.96. The quantitative estimate of drug-likeness (QED) is 0.791.